The number of esters is 1. The lowest BCUT2D eigenvalue weighted by Crippen LogP contribution is -2.60. The van der Waals surface area contributed by atoms with Gasteiger partial charge in [0.1, 0.15) is 30.5 Å². The zero-order valence-electron chi connectivity index (χ0n) is 38.5. The van der Waals surface area contributed by atoms with Crippen molar-refractivity contribution in [2.75, 3.05) is 26.4 Å². The van der Waals surface area contributed by atoms with Gasteiger partial charge in [0.2, 0.25) is 0 Å². The van der Waals surface area contributed by atoms with E-state index in [1.54, 1.807) is 0 Å². The van der Waals surface area contributed by atoms with Crippen LogP contribution in [0, 0.1) is 0 Å². The van der Waals surface area contributed by atoms with E-state index in [-0.39, 0.29) is 19.6 Å². The number of hydrogen-bond donors (Lipinski definition) is 4. The molecule has 0 amide bonds. The molecular weight excluding hydrogens is 801 g/mol. The molecule has 360 valence electrons. The molecule has 12 nitrogen and oxygen atoms in total. The fourth-order valence-corrected chi connectivity index (χ4v) is 8.05. The molecule has 0 bridgehead atoms. The van der Waals surface area contributed by atoms with E-state index in [1.165, 1.54) is 128 Å². The van der Waals surface area contributed by atoms with Gasteiger partial charge in [-0.1, -0.05) is 167 Å². The monoisotopic (exact) mass is 891 g/mol. The molecule has 0 aromatic carbocycles. The number of unbranched alkanes of at least 4 members (excludes halogenated alkanes) is 26. The highest BCUT2D eigenvalue weighted by Crippen LogP contribution is 2.26. The SMILES string of the molecule is CCCCC/C=C\CCCCCCCC(=O)OC(COCCCCCCCCCCCC/C=C\CCCCCCCCCC)COC1OC(CO)C(O)C(OS(=O)(=O)O)C1O. The first kappa shape index (κ1) is 57.6. The standard InChI is InChI=1S/C48H90O12S/c1-3-5-7-9-11-13-15-17-18-19-20-21-22-23-24-25-26-28-30-32-34-36-38-56-40-42(58-44(50)37-35-33-31-29-27-16-14-12-10-8-6-4-2)41-57-48-46(52)47(60-61(53,54)55)45(51)43(39-49)59-48/h12,14,19-20,42-43,45-49,51-52H,3-11,13,15-18,21-41H2,1-2H3,(H,53,54,55)/b14-12-,20-19-. The van der Waals surface area contributed by atoms with E-state index >= 15 is 0 Å². The second-order valence-corrected chi connectivity index (χ2v) is 18.1. The molecular formula is C48H90O12S. The van der Waals surface area contributed by atoms with Crippen LogP contribution in [0.3, 0.4) is 0 Å². The summed E-state index contributed by atoms with van der Waals surface area (Å²) in [5.74, 6) is -0.408. The average molecular weight is 891 g/mol. The molecule has 61 heavy (non-hydrogen) atoms. The fourth-order valence-electron chi connectivity index (χ4n) is 7.54. The highest BCUT2D eigenvalue weighted by molar-refractivity contribution is 7.80. The van der Waals surface area contributed by atoms with E-state index in [9.17, 15) is 28.5 Å². The summed E-state index contributed by atoms with van der Waals surface area (Å²) in [7, 11) is -5.06. The average Bonchev–Trinajstić information content (AvgIpc) is 3.23. The van der Waals surface area contributed by atoms with Crippen LogP contribution in [0.1, 0.15) is 213 Å². The highest BCUT2D eigenvalue weighted by Gasteiger charge is 2.48. The first-order chi connectivity index (χ1) is 29.6. The van der Waals surface area contributed by atoms with Crippen LogP contribution >= 0.6 is 0 Å². The Labute approximate surface area is 371 Å². The number of ether oxygens (including phenoxy) is 4. The first-order valence-corrected chi connectivity index (χ1v) is 26.0. The summed E-state index contributed by atoms with van der Waals surface area (Å²) in [5.41, 5.74) is 0. The molecule has 1 fully saturated rings. The Morgan fingerprint density at radius 2 is 1.03 bits per heavy atom. The Balaban J connectivity index is 2.34. The molecule has 4 N–H and O–H groups in total. The van der Waals surface area contributed by atoms with Crippen LogP contribution in [0.2, 0.25) is 0 Å². The van der Waals surface area contributed by atoms with Gasteiger partial charge in [-0.05, 0) is 64.2 Å². The van der Waals surface area contributed by atoms with Crippen molar-refractivity contribution in [3.05, 3.63) is 24.3 Å². The van der Waals surface area contributed by atoms with Crippen molar-refractivity contribution in [1.82, 2.24) is 0 Å². The van der Waals surface area contributed by atoms with Gasteiger partial charge in [0.05, 0.1) is 19.8 Å². The van der Waals surface area contributed by atoms with E-state index in [1.807, 2.05) is 0 Å². The summed E-state index contributed by atoms with van der Waals surface area (Å²) in [6.45, 7) is 3.97. The van der Waals surface area contributed by atoms with Crippen molar-refractivity contribution in [1.29, 1.82) is 0 Å². The molecule has 6 unspecified atom stereocenters. The molecule has 0 spiro atoms. The number of rotatable bonds is 43. The number of aliphatic hydroxyl groups excluding tert-OH is 3. The van der Waals surface area contributed by atoms with Crippen LogP contribution in [-0.4, -0.2) is 97.5 Å². The van der Waals surface area contributed by atoms with E-state index in [0.717, 1.165) is 57.8 Å². The Bertz CT molecular complexity index is 1170. The molecule has 0 aromatic rings. The predicted molar refractivity (Wildman–Crippen MR) is 244 cm³/mol. The summed E-state index contributed by atoms with van der Waals surface area (Å²) >= 11 is 0. The Morgan fingerprint density at radius 3 is 1.51 bits per heavy atom. The first-order valence-electron chi connectivity index (χ1n) is 24.6. The van der Waals surface area contributed by atoms with Crippen molar-refractivity contribution in [3.63, 3.8) is 0 Å². The molecule has 0 radical (unpaired) electrons. The molecule has 0 saturated carbocycles. The van der Waals surface area contributed by atoms with Crippen LogP contribution in [0.15, 0.2) is 24.3 Å². The molecule has 1 rings (SSSR count). The summed E-state index contributed by atoms with van der Waals surface area (Å²) in [5, 5.41) is 30.7. The van der Waals surface area contributed by atoms with Crippen molar-refractivity contribution < 1.29 is 56.2 Å². The van der Waals surface area contributed by atoms with Crippen LogP contribution in [-0.2, 0) is 38.3 Å². The Kier molecular flexibility index (Phi) is 37.9. The van der Waals surface area contributed by atoms with E-state index < -0.39 is 59.8 Å². The lowest BCUT2D eigenvalue weighted by Gasteiger charge is -2.41. The van der Waals surface area contributed by atoms with Crippen molar-refractivity contribution in [2.45, 2.75) is 250 Å². The highest BCUT2D eigenvalue weighted by atomic mass is 32.3. The molecule has 1 aliphatic rings. The van der Waals surface area contributed by atoms with E-state index in [2.05, 4.69) is 42.3 Å². The van der Waals surface area contributed by atoms with Gasteiger partial charge < -0.3 is 34.3 Å². The van der Waals surface area contributed by atoms with Crippen LogP contribution in [0.5, 0.6) is 0 Å². The smallest absolute Gasteiger partial charge is 0.397 e. The minimum Gasteiger partial charge on any atom is -0.457 e. The van der Waals surface area contributed by atoms with Gasteiger partial charge in [-0.15, -0.1) is 0 Å². The van der Waals surface area contributed by atoms with Crippen LogP contribution in [0.25, 0.3) is 0 Å². The molecule has 6 atom stereocenters. The molecule has 1 saturated heterocycles. The number of carbonyl (C=O) groups excluding carboxylic acids is 1. The summed E-state index contributed by atoms with van der Waals surface area (Å²) in [6, 6.07) is 0. The van der Waals surface area contributed by atoms with Gasteiger partial charge in [-0.2, -0.15) is 8.42 Å². The quantitative estimate of drug-likeness (QED) is 0.0197. The number of allylic oxidation sites excluding steroid dienone is 4. The van der Waals surface area contributed by atoms with E-state index in [0.29, 0.717) is 13.0 Å². The predicted octanol–water partition coefficient (Wildman–Crippen LogP) is 10.8. The Morgan fingerprint density at radius 1 is 0.607 bits per heavy atom. The lowest BCUT2D eigenvalue weighted by atomic mass is 9.99. The Hall–Kier alpha value is -1.42. The van der Waals surface area contributed by atoms with Crippen LogP contribution in [0.4, 0.5) is 0 Å². The third-order valence-corrected chi connectivity index (χ3v) is 11.8. The van der Waals surface area contributed by atoms with Gasteiger partial charge in [-0.3, -0.25) is 9.35 Å². The summed E-state index contributed by atoms with van der Waals surface area (Å²) < 4.78 is 59.1. The topological polar surface area (TPSA) is 178 Å². The molecule has 13 heteroatoms. The lowest BCUT2D eigenvalue weighted by molar-refractivity contribution is -0.301. The summed E-state index contributed by atoms with van der Waals surface area (Å²) in [4.78, 5) is 12.8. The minimum absolute atomic E-state index is 0.0343. The van der Waals surface area contributed by atoms with Crippen molar-refractivity contribution in [2.24, 2.45) is 0 Å². The van der Waals surface area contributed by atoms with Gasteiger partial charge in [0.15, 0.2) is 6.29 Å². The van der Waals surface area contributed by atoms with E-state index in [4.69, 9.17) is 23.5 Å². The molecule has 0 aromatic heterocycles. The molecule has 1 aliphatic heterocycles. The number of aliphatic hydroxyl groups is 3. The number of hydrogen-bond acceptors (Lipinski definition) is 11. The van der Waals surface area contributed by atoms with Gasteiger partial charge >= 0.3 is 16.4 Å². The fraction of sp³-hybridized carbons (Fsp3) is 0.896. The second kappa shape index (κ2) is 40.1. The van der Waals surface area contributed by atoms with Gasteiger partial charge in [0, 0.05) is 13.0 Å². The van der Waals surface area contributed by atoms with Crippen LogP contribution < -0.4 is 0 Å². The molecule has 0 aliphatic carbocycles. The maximum Gasteiger partial charge on any atom is 0.397 e. The maximum atomic E-state index is 12.8. The third-order valence-electron chi connectivity index (χ3n) is 11.3. The largest absolute Gasteiger partial charge is 0.457 e. The normalized spacial score (nSPS) is 20.3. The maximum absolute atomic E-state index is 12.8. The number of carbonyl (C=O) groups is 1. The zero-order chi connectivity index (χ0) is 44.7. The van der Waals surface area contributed by atoms with Gasteiger partial charge in [-0.25, -0.2) is 4.18 Å². The second-order valence-electron chi connectivity index (χ2n) is 17.0. The van der Waals surface area contributed by atoms with Crippen molar-refractivity contribution >= 4 is 16.4 Å². The van der Waals surface area contributed by atoms with Crippen molar-refractivity contribution in [3.8, 4) is 0 Å². The minimum atomic E-state index is -5.06. The third kappa shape index (κ3) is 33.7. The summed E-state index contributed by atoms with van der Waals surface area (Å²) in [6.07, 6.45) is 36.5. The zero-order valence-corrected chi connectivity index (χ0v) is 39.3. The van der Waals surface area contributed by atoms with Gasteiger partial charge in [0.25, 0.3) is 0 Å². The molecule has 1 heterocycles.